The van der Waals surface area contributed by atoms with E-state index in [1.165, 1.54) is 6.07 Å². The molecule has 1 N–H and O–H groups in total. The number of nitrogens with one attached hydrogen (secondary N) is 1. The molecule has 0 spiro atoms. The molecule has 1 aromatic carbocycles. The summed E-state index contributed by atoms with van der Waals surface area (Å²) in [4.78, 5) is 11.7. The Morgan fingerprint density at radius 1 is 1.37 bits per heavy atom. The largest absolute Gasteiger partial charge is 0.336 e. The van der Waals surface area contributed by atoms with Crippen LogP contribution in [0.1, 0.15) is 24.2 Å². The summed E-state index contributed by atoms with van der Waals surface area (Å²) in [7, 11) is 1.25. The molecular formula is C12H11Cl2NO3S. The fourth-order valence-corrected chi connectivity index (χ4v) is 2.33. The summed E-state index contributed by atoms with van der Waals surface area (Å²) in [5.74, 6) is 1.86. The standard InChI is InChI=1S/C12H11Cl2NO3S/c1-4-12(2,3)15-11(16)8-5-9(13)7-10(6-8)19(14,17)18/h1,5-7H,2-3H3,(H,15,16). The van der Waals surface area contributed by atoms with Gasteiger partial charge in [0.1, 0.15) is 0 Å². The van der Waals surface area contributed by atoms with Crippen molar-refractivity contribution in [3.63, 3.8) is 0 Å². The van der Waals surface area contributed by atoms with Crippen molar-refractivity contribution in [2.45, 2.75) is 24.3 Å². The number of carbonyl (C=O) groups excluding carboxylic acids is 1. The zero-order valence-electron chi connectivity index (χ0n) is 10.2. The van der Waals surface area contributed by atoms with Crippen molar-refractivity contribution >= 4 is 37.2 Å². The number of terminal acetylenes is 1. The molecule has 0 saturated carbocycles. The number of carbonyl (C=O) groups is 1. The lowest BCUT2D eigenvalue weighted by Crippen LogP contribution is -2.42. The average Bonchev–Trinajstić information content (AvgIpc) is 2.26. The smallest absolute Gasteiger partial charge is 0.261 e. The molecule has 4 nitrogen and oxygen atoms in total. The maximum atomic E-state index is 11.9. The van der Waals surface area contributed by atoms with Gasteiger partial charge in [0.05, 0.1) is 10.4 Å². The van der Waals surface area contributed by atoms with E-state index >= 15 is 0 Å². The van der Waals surface area contributed by atoms with E-state index in [1.54, 1.807) is 13.8 Å². The predicted octanol–water partition coefficient (Wildman–Crippen LogP) is 2.41. The van der Waals surface area contributed by atoms with Gasteiger partial charge >= 0.3 is 0 Å². The molecule has 0 unspecified atom stereocenters. The second-order valence-electron chi connectivity index (χ2n) is 4.34. The number of hydrogen-bond donors (Lipinski definition) is 1. The molecule has 7 heteroatoms. The monoisotopic (exact) mass is 319 g/mol. The molecule has 0 aliphatic heterocycles. The molecule has 0 atom stereocenters. The number of halogens is 2. The fourth-order valence-electron chi connectivity index (χ4n) is 1.23. The molecule has 0 aliphatic carbocycles. The lowest BCUT2D eigenvalue weighted by atomic mass is 10.1. The Labute approximate surface area is 121 Å². The third kappa shape index (κ3) is 4.43. The Bertz CT molecular complexity index is 660. The second kappa shape index (κ2) is 5.41. The highest BCUT2D eigenvalue weighted by Gasteiger charge is 2.20. The molecule has 0 aromatic heterocycles. The maximum Gasteiger partial charge on any atom is 0.261 e. The molecular weight excluding hydrogens is 309 g/mol. The molecule has 1 aromatic rings. The van der Waals surface area contributed by atoms with Crippen LogP contribution in [0.4, 0.5) is 0 Å². The molecule has 1 rings (SSSR count). The van der Waals surface area contributed by atoms with Crippen LogP contribution in [-0.4, -0.2) is 19.9 Å². The van der Waals surface area contributed by atoms with Crippen LogP contribution in [0.5, 0.6) is 0 Å². The summed E-state index contributed by atoms with van der Waals surface area (Å²) < 4.78 is 22.5. The van der Waals surface area contributed by atoms with Crippen LogP contribution in [0.2, 0.25) is 5.02 Å². The van der Waals surface area contributed by atoms with Crippen molar-refractivity contribution < 1.29 is 13.2 Å². The van der Waals surface area contributed by atoms with Gasteiger partial charge in [-0.2, -0.15) is 0 Å². The first kappa shape index (κ1) is 15.8. The van der Waals surface area contributed by atoms with Crippen LogP contribution < -0.4 is 5.32 Å². The molecule has 0 saturated heterocycles. The van der Waals surface area contributed by atoms with Gasteiger partial charge in [0.25, 0.3) is 15.0 Å². The van der Waals surface area contributed by atoms with Gasteiger partial charge in [0.2, 0.25) is 0 Å². The molecule has 0 heterocycles. The summed E-state index contributed by atoms with van der Waals surface area (Å²) in [6.45, 7) is 3.27. The topological polar surface area (TPSA) is 63.2 Å². The Morgan fingerprint density at radius 2 is 1.95 bits per heavy atom. The van der Waals surface area contributed by atoms with E-state index in [1.807, 2.05) is 0 Å². The van der Waals surface area contributed by atoms with Gasteiger partial charge in [0, 0.05) is 21.3 Å². The van der Waals surface area contributed by atoms with E-state index in [9.17, 15) is 13.2 Å². The van der Waals surface area contributed by atoms with Gasteiger partial charge in [-0.3, -0.25) is 4.79 Å². The predicted molar refractivity (Wildman–Crippen MR) is 74.9 cm³/mol. The summed E-state index contributed by atoms with van der Waals surface area (Å²) in [6.07, 6.45) is 5.25. The zero-order valence-corrected chi connectivity index (χ0v) is 12.5. The van der Waals surface area contributed by atoms with E-state index in [0.717, 1.165) is 12.1 Å². The van der Waals surface area contributed by atoms with Crippen LogP contribution in [0.25, 0.3) is 0 Å². The highest BCUT2D eigenvalue weighted by atomic mass is 35.7. The Morgan fingerprint density at radius 3 is 2.42 bits per heavy atom. The van der Waals surface area contributed by atoms with Crippen molar-refractivity contribution in [1.29, 1.82) is 0 Å². The Kier molecular flexibility index (Phi) is 4.51. The number of hydrogen-bond acceptors (Lipinski definition) is 3. The normalized spacial score (nSPS) is 11.7. The van der Waals surface area contributed by atoms with Crippen molar-refractivity contribution in [3.05, 3.63) is 28.8 Å². The molecule has 0 aliphatic rings. The van der Waals surface area contributed by atoms with Gasteiger partial charge < -0.3 is 5.32 Å². The highest BCUT2D eigenvalue weighted by molar-refractivity contribution is 8.13. The van der Waals surface area contributed by atoms with Crippen molar-refractivity contribution in [3.8, 4) is 12.3 Å². The quantitative estimate of drug-likeness (QED) is 0.687. The first-order valence-corrected chi connectivity index (χ1v) is 7.79. The lowest BCUT2D eigenvalue weighted by Gasteiger charge is -2.19. The SMILES string of the molecule is C#CC(C)(C)NC(=O)c1cc(Cl)cc(S(=O)(=O)Cl)c1. The van der Waals surface area contributed by atoms with Gasteiger partial charge in [-0.1, -0.05) is 17.5 Å². The van der Waals surface area contributed by atoms with Crippen LogP contribution in [-0.2, 0) is 9.05 Å². The van der Waals surface area contributed by atoms with Crippen LogP contribution in [0.15, 0.2) is 23.1 Å². The minimum atomic E-state index is -3.96. The first-order valence-electron chi connectivity index (χ1n) is 5.11. The van der Waals surface area contributed by atoms with Gasteiger partial charge in [-0.25, -0.2) is 8.42 Å². The van der Waals surface area contributed by atoms with E-state index < -0.39 is 20.5 Å². The summed E-state index contributed by atoms with van der Waals surface area (Å²) in [6, 6.07) is 3.62. The summed E-state index contributed by atoms with van der Waals surface area (Å²) in [5, 5.41) is 2.64. The van der Waals surface area contributed by atoms with Crippen molar-refractivity contribution in [2.24, 2.45) is 0 Å². The number of amides is 1. The average molecular weight is 320 g/mol. The zero-order chi connectivity index (χ0) is 14.8. The number of benzene rings is 1. The molecule has 19 heavy (non-hydrogen) atoms. The van der Waals surface area contributed by atoms with Gasteiger partial charge in [0.15, 0.2) is 0 Å². The van der Waals surface area contributed by atoms with Crippen molar-refractivity contribution in [2.75, 3.05) is 0 Å². The minimum Gasteiger partial charge on any atom is -0.336 e. The summed E-state index contributed by atoms with van der Waals surface area (Å²) >= 11 is 5.76. The van der Waals surface area contributed by atoms with Crippen molar-refractivity contribution in [1.82, 2.24) is 5.32 Å². The molecule has 0 fully saturated rings. The Hall–Kier alpha value is -1.22. The fraction of sp³-hybridized carbons (Fsp3) is 0.250. The summed E-state index contributed by atoms with van der Waals surface area (Å²) in [5.41, 5.74) is -0.797. The molecule has 0 radical (unpaired) electrons. The Balaban J connectivity index is 3.20. The number of rotatable bonds is 3. The van der Waals surface area contributed by atoms with Crippen LogP contribution in [0, 0.1) is 12.3 Å². The van der Waals surface area contributed by atoms with E-state index in [-0.39, 0.29) is 15.5 Å². The van der Waals surface area contributed by atoms with Gasteiger partial charge in [-0.15, -0.1) is 6.42 Å². The highest BCUT2D eigenvalue weighted by Crippen LogP contribution is 2.22. The second-order valence-corrected chi connectivity index (χ2v) is 7.34. The van der Waals surface area contributed by atoms with Crippen LogP contribution in [0.3, 0.4) is 0 Å². The molecule has 0 bridgehead atoms. The molecule has 102 valence electrons. The lowest BCUT2D eigenvalue weighted by molar-refractivity contribution is 0.0929. The van der Waals surface area contributed by atoms with Crippen LogP contribution >= 0.6 is 22.3 Å². The first-order chi connectivity index (χ1) is 8.55. The van der Waals surface area contributed by atoms with E-state index in [0.29, 0.717) is 0 Å². The van der Waals surface area contributed by atoms with Gasteiger partial charge in [-0.05, 0) is 32.0 Å². The van der Waals surface area contributed by atoms with E-state index in [2.05, 4.69) is 11.2 Å². The van der Waals surface area contributed by atoms with E-state index in [4.69, 9.17) is 28.7 Å². The third-order valence-corrected chi connectivity index (χ3v) is 3.75. The molecule has 1 amide bonds. The maximum absolute atomic E-state index is 11.9. The minimum absolute atomic E-state index is 0.0649. The third-order valence-electron chi connectivity index (χ3n) is 2.20.